The first-order chi connectivity index (χ1) is 14.9. The topological polar surface area (TPSA) is 101 Å². The molecule has 0 atom stereocenters. The van der Waals surface area contributed by atoms with E-state index in [0.717, 1.165) is 5.56 Å². The van der Waals surface area contributed by atoms with Crippen molar-refractivity contribution >= 4 is 26.8 Å². The molecule has 1 amide bonds. The average Bonchev–Trinajstić information content (AvgIpc) is 2.78. The molecule has 4 rings (SSSR count). The number of ether oxygens (including phenoxy) is 1. The molecule has 3 heterocycles. The molecule has 0 spiro atoms. The minimum atomic E-state index is -3.70. The summed E-state index contributed by atoms with van der Waals surface area (Å²) < 4.78 is 32.9. The second kappa shape index (κ2) is 8.70. The lowest BCUT2D eigenvalue weighted by molar-refractivity contribution is 0.0730. The molecule has 2 aromatic heterocycles. The highest BCUT2D eigenvalue weighted by Crippen LogP contribution is 2.28. The molecule has 31 heavy (non-hydrogen) atoms. The molecule has 0 bridgehead atoms. The summed E-state index contributed by atoms with van der Waals surface area (Å²) in [6, 6.07) is 9.99. The number of rotatable bonds is 5. The largest absolute Gasteiger partial charge is 0.379 e. The van der Waals surface area contributed by atoms with Gasteiger partial charge in [0.05, 0.1) is 34.9 Å². The van der Waals surface area contributed by atoms with Gasteiger partial charge in [-0.2, -0.15) is 4.31 Å². The summed E-state index contributed by atoms with van der Waals surface area (Å²) >= 11 is 0. The minimum absolute atomic E-state index is 0.0691. The number of morpholine rings is 1. The van der Waals surface area contributed by atoms with E-state index in [9.17, 15) is 13.2 Å². The SMILES string of the molecule is CC(C)NC(=O)c1cc(-c2ccncc2)nc2ccc(S(=O)(=O)N3CCOCC3)cc12. The van der Waals surface area contributed by atoms with Crippen LogP contribution in [0, 0.1) is 0 Å². The van der Waals surface area contributed by atoms with Crippen LogP contribution in [-0.4, -0.2) is 60.9 Å². The van der Waals surface area contributed by atoms with Gasteiger partial charge in [-0.3, -0.25) is 9.78 Å². The summed E-state index contributed by atoms with van der Waals surface area (Å²) in [5.74, 6) is -0.279. The maximum absolute atomic E-state index is 13.1. The highest BCUT2D eigenvalue weighted by atomic mass is 32.2. The zero-order valence-corrected chi connectivity index (χ0v) is 18.2. The maximum atomic E-state index is 13.1. The Hall–Kier alpha value is -2.88. The van der Waals surface area contributed by atoms with Crippen LogP contribution < -0.4 is 5.32 Å². The van der Waals surface area contributed by atoms with E-state index >= 15 is 0 Å². The first kappa shape index (κ1) is 21.4. The number of hydrogen-bond acceptors (Lipinski definition) is 6. The van der Waals surface area contributed by atoms with Crippen molar-refractivity contribution in [3.8, 4) is 11.3 Å². The molecule has 0 saturated carbocycles. The predicted octanol–water partition coefficient (Wildman–Crippen LogP) is 2.46. The van der Waals surface area contributed by atoms with Gasteiger partial charge in [0, 0.05) is 42.5 Å². The molecule has 0 unspecified atom stereocenters. The third-order valence-electron chi connectivity index (χ3n) is 5.03. The fraction of sp³-hybridized carbons (Fsp3) is 0.318. The minimum Gasteiger partial charge on any atom is -0.379 e. The highest BCUT2D eigenvalue weighted by molar-refractivity contribution is 7.89. The Morgan fingerprint density at radius 2 is 1.81 bits per heavy atom. The second-order valence-corrected chi connectivity index (χ2v) is 9.55. The molecule has 8 nitrogen and oxygen atoms in total. The van der Waals surface area contributed by atoms with Crippen molar-refractivity contribution in [1.82, 2.24) is 19.6 Å². The Morgan fingerprint density at radius 1 is 1.10 bits per heavy atom. The first-order valence-corrected chi connectivity index (χ1v) is 11.5. The van der Waals surface area contributed by atoms with Crippen LogP contribution in [0.15, 0.2) is 53.7 Å². The summed E-state index contributed by atoms with van der Waals surface area (Å²) in [5, 5.41) is 3.39. The fourth-order valence-corrected chi connectivity index (χ4v) is 4.93. The first-order valence-electron chi connectivity index (χ1n) is 10.1. The van der Waals surface area contributed by atoms with Crippen LogP contribution in [0.2, 0.25) is 0 Å². The molecule has 0 radical (unpaired) electrons. The molecule has 1 N–H and O–H groups in total. The van der Waals surface area contributed by atoms with Crippen molar-refractivity contribution < 1.29 is 17.9 Å². The molecule has 1 saturated heterocycles. The zero-order chi connectivity index (χ0) is 22.0. The van der Waals surface area contributed by atoms with Gasteiger partial charge in [-0.1, -0.05) is 0 Å². The van der Waals surface area contributed by atoms with Crippen LogP contribution in [0.5, 0.6) is 0 Å². The van der Waals surface area contributed by atoms with Gasteiger partial charge in [0.25, 0.3) is 5.91 Å². The zero-order valence-electron chi connectivity index (χ0n) is 17.4. The Labute approximate surface area is 181 Å². The molecule has 1 aliphatic rings. The van der Waals surface area contributed by atoms with Gasteiger partial charge in [0.2, 0.25) is 10.0 Å². The number of hydrogen-bond donors (Lipinski definition) is 1. The summed E-state index contributed by atoms with van der Waals surface area (Å²) in [6.45, 7) is 5.09. The number of carbonyl (C=O) groups is 1. The third kappa shape index (κ3) is 4.43. The van der Waals surface area contributed by atoms with E-state index in [1.54, 1.807) is 36.7 Å². The van der Waals surface area contributed by atoms with E-state index in [1.807, 2.05) is 26.0 Å². The summed E-state index contributed by atoms with van der Waals surface area (Å²) in [6.07, 6.45) is 3.32. The van der Waals surface area contributed by atoms with Gasteiger partial charge in [0.15, 0.2) is 0 Å². The van der Waals surface area contributed by atoms with Crippen LogP contribution >= 0.6 is 0 Å². The van der Waals surface area contributed by atoms with E-state index in [0.29, 0.717) is 48.5 Å². The number of amides is 1. The number of nitrogens with zero attached hydrogens (tertiary/aromatic N) is 3. The second-order valence-electron chi connectivity index (χ2n) is 7.61. The van der Waals surface area contributed by atoms with Gasteiger partial charge in [-0.15, -0.1) is 0 Å². The molecule has 0 aliphatic carbocycles. The normalized spacial score (nSPS) is 15.3. The van der Waals surface area contributed by atoms with E-state index in [-0.39, 0.29) is 16.8 Å². The smallest absolute Gasteiger partial charge is 0.252 e. The van der Waals surface area contributed by atoms with Crippen molar-refractivity contribution in [3.05, 3.63) is 54.4 Å². The number of fused-ring (bicyclic) bond motifs is 1. The van der Waals surface area contributed by atoms with Gasteiger partial charge in [-0.25, -0.2) is 13.4 Å². The van der Waals surface area contributed by atoms with E-state index in [2.05, 4.69) is 15.3 Å². The molecule has 1 aliphatic heterocycles. The van der Waals surface area contributed by atoms with Gasteiger partial charge >= 0.3 is 0 Å². The molecule has 9 heteroatoms. The van der Waals surface area contributed by atoms with Crippen LogP contribution in [0.4, 0.5) is 0 Å². The lowest BCUT2D eigenvalue weighted by Gasteiger charge is -2.26. The van der Waals surface area contributed by atoms with Gasteiger partial charge in [0.1, 0.15) is 0 Å². The monoisotopic (exact) mass is 440 g/mol. The third-order valence-corrected chi connectivity index (χ3v) is 6.92. The van der Waals surface area contributed by atoms with Crippen molar-refractivity contribution in [2.24, 2.45) is 0 Å². The lowest BCUT2D eigenvalue weighted by Crippen LogP contribution is -2.40. The number of nitrogens with one attached hydrogen (secondary N) is 1. The number of benzene rings is 1. The maximum Gasteiger partial charge on any atom is 0.252 e. The molecule has 1 aromatic carbocycles. The van der Waals surface area contributed by atoms with Gasteiger partial charge < -0.3 is 10.1 Å². The molecule has 1 fully saturated rings. The Balaban J connectivity index is 1.86. The standard InChI is InChI=1S/C22H24N4O4S/c1-15(2)24-22(27)19-14-21(16-5-7-23-8-6-16)25-20-4-3-17(13-18(19)20)31(28,29)26-9-11-30-12-10-26/h3-8,13-15H,9-12H2,1-2H3,(H,24,27). The average molecular weight is 441 g/mol. The van der Waals surface area contributed by atoms with Crippen molar-refractivity contribution in [1.29, 1.82) is 0 Å². The van der Waals surface area contributed by atoms with Gasteiger partial charge in [-0.05, 0) is 50.2 Å². The van der Waals surface area contributed by atoms with Crippen molar-refractivity contribution in [2.45, 2.75) is 24.8 Å². The van der Waals surface area contributed by atoms with Crippen molar-refractivity contribution in [3.63, 3.8) is 0 Å². The predicted molar refractivity (Wildman–Crippen MR) is 117 cm³/mol. The number of sulfonamides is 1. The molecular formula is C22H24N4O4S. The Bertz CT molecular complexity index is 1210. The van der Waals surface area contributed by atoms with E-state index in [1.165, 1.54) is 4.31 Å². The summed E-state index contributed by atoms with van der Waals surface area (Å²) in [7, 11) is -3.70. The number of carbonyl (C=O) groups excluding carboxylic acids is 1. The lowest BCUT2D eigenvalue weighted by atomic mass is 10.0. The van der Waals surface area contributed by atoms with Crippen LogP contribution in [0.1, 0.15) is 24.2 Å². The molecule has 162 valence electrons. The quantitative estimate of drug-likeness (QED) is 0.654. The van der Waals surface area contributed by atoms with Crippen LogP contribution in [0.25, 0.3) is 22.2 Å². The summed E-state index contributed by atoms with van der Waals surface area (Å²) in [5.41, 5.74) is 2.36. The van der Waals surface area contributed by atoms with Crippen LogP contribution in [0.3, 0.4) is 0 Å². The molecule has 3 aromatic rings. The Kier molecular flexibility index (Phi) is 5.99. The van der Waals surface area contributed by atoms with E-state index < -0.39 is 10.0 Å². The van der Waals surface area contributed by atoms with E-state index in [4.69, 9.17) is 4.74 Å². The van der Waals surface area contributed by atoms with Crippen LogP contribution in [-0.2, 0) is 14.8 Å². The Morgan fingerprint density at radius 3 is 2.48 bits per heavy atom. The summed E-state index contributed by atoms with van der Waals surface area (Å²) in [4.78, 5) is 21.8. The van der Waals surface area contributed by atoms with Crippen molar-refractivity contribution in [2.75, 3.05) is 26.3 Å². The molecular weight excluding hydrogens is 416 g/mol. The number of aromatic nitrogens is 2. The highest BCUT2D eigenvalue weighted by Gasteiger charge is 2.27. The number of pyridine rings is 2. The fourth-order valence-electron chi connectivity index (χ4n) is 3.50.